The van der Waals surface area contributed by atoms with Gasteiger partial charge < -0.3 is 15.0 Å². The van der Waals surface area contributed by atoms with E-state index in [1.165, 1.54) is 0 Å². The zero-order valence-corrected chi connectivity index (χ0v) is 19.0. The summed E-state index contributed by atoms with van der Waals surface area (Å²) in [5.41, 5.74) is 8.59. The van der Waals surface area contributed by atoms with E-state index in [0.717, 1.165) is 61.8 Å². The summed E-state index contributed by atoms with van der Waals surface area (Å²) >= 11 is -0.891. The lowest BCUT2D eigenvalue weighted by Gasteiger charge is -2.32. The lowest BCUT2D eigenvalue weighted by atomic mass is 10.1. The molecule has 2 fully saturated rings. The fourth-order valence-corrected chi connectivity index (χ4v) is 3.68. The van der Waals surface area contributed by atoms with Crippen molar-refractivity contribution in [3.8, 4) is 0 Å². The number of rotatable bonds is 10. The van der Waals surface area contributed by atoms with Crippen molar-refractivity contribution in [1.29, 1.82) is 0 Å². The average Bonchev–Trinajstić information content (AvgIpc) is 3.39. The number of nitrogens with two attached hydrogens (primary N) is 1. The first-order chi connectivity index (χ1) is 13.7. The van der Waals surface area contributed by atoms with Crippen LogP contribution < -0.4 is 5.73 Å². The Morgan fingerprint density at radius 2 is 1.93 bits per heavy atom. The summed E-state index contributed by atoms with van der Waals surface area (Å²) in [7, 11) is 0. The maximum Gasteiger partial charge on any atom is 0.115 e. The average molecular weight is 422 g/mol. The van der Waals surface area contributed by atoms with Gasteiger partial charge in [-0.25, -0.2) is 4.99 Å². The van der Waals surface area contributed by atoms with Crippen LogP contribution in [0, 0.1) is 0 Å². The minimum Gasteiger partial charge on any atom is -0.598 e. The summed E-state index contributed by atoms with van der Waals surface area (Å²) in [5, 5.41) is 0. The number of aliphatic imine (C=N–C) groups is 2. The molecule has 8 heteroatoms. The molecule has 0 bridgehead atoms. The van der Waals surface area contributed by atoms with Crippen molar-refractivity contribution in [2.24, 2.45) is 15.7 Å². The van der Waals surface area contributed by atoms with Crippen LogP contribution in [0.1, 0.15) is 40.0 Å². The third kappa shape index (κ3) is 8.34. The molecule has 1 saturated heterocycles. The molecule has 1 saturated carbocycles. The summed E-state index contributed by atoms with van der Waals surface area (Å²) in [6.45, 7) is 13.7. The standard InChI is InChI=1S/C21H35N5O2S/c1-6-20(14-19(18(3)22)13-17(2)28-21(4)7-8-21)24-15-23-16-25-9-11-26(12-10-25)29(5)27/h6,13,15H,1,7-12,14,16,22H2,2-5H3/b17-13+,19-18-,23-15-,24-20+. The number of piperazine rings is 1. The molecule has 1 aliphatic carbocycles. The zero-order chi connectivity index (χ0) is 21.4. The van der Waals surface area contributed by atoms with Crippen LogP contribution >= 0.6 is 0 Å². The van der Waals surface area contributed by atoms with Crippen LogP contribution in [-0.4, -0.2) is 70.5 Å². The molecule has 0 aromatic heterocycles. The molecule has 162 valence electrons. The third-order valence-electron chi connectivity index (χ3n) is 5.13. The fourth-order valence-electron chi connectivity index (χ4n) is 3.01. The Hall–Kier alpha value is -1.61. The number of hydrogen-bond acceptors (Lipinski definition) is 6. The lowest BCUT2D eigenvalue weighted by Crippen LogP contribution is -2.48. The SMILES string of the molecule is C=C/C(CC(/C=C(\C)OC1(C)CC1)=C(/C)N)=N\C=N/CN1CCN([S+](C)[O-])CC1. The van der Waals surface area contributed by atoms with Crippen molar-refractivity contribution < 1.29 is 9.29 Å². The number of nitrogens with zero attached hydrogens (tertiary/aromatic N) is 4. The van der Waals surface area contributed by atoms with Crippen molar-refractivity contribution in [1.82, 2.24) is 9.21 Å². The Balaban J connectivity index is 1.87. The van der Waals surface area contributed by atoms with Gasteiger partial charge in [0.05, 0.1) is 25.5 Å². The van der Waals surface area contributed by atoms with E-state index in [1.54, 1.807) is 18.7 Å². The molecular formula is C21H35N5O2S. The van der Waals surface area contributed by atoms with Crippen LogP contribution in [0.3, 0.4) is 0 Å². The van der Waals surface area contributed by atoms with E-state index in [9.17, 15) is 4.55 Å². The minimum atomic E-state index is -0.891. The number of hydrogen-bond donors (Lipinski definition) is 1. The van der Waals surface area contributed by atoms with Gasteiger partial charge in [0.1, 0.15) is 18.2 Å². The topological polar surface area (TPSA) is 89.5 Å². The van der Waals surface area contributed by atoms with Crippen molar-refractivity contribution in [2.75, 3.05) is 39.1 Å². The van der Waals surface area contributed by atoms with Gasteiger partial charge in [0, 0.05) is 42.3 Å². The van der Waals surface area contributed by atoms with Crippen LogP contribution in [0.2, 0.25) is 0 Å². The molecule has 0 amide bonds. The Morgan fingerprint density at radius 3 is 2.45 bits per heavy atom. The lowest BCUT2D eigenvalue weighted by molar-refractivity contribution is 0.112. The van der Waals surface area contributed by atoms with E-state index in [0.29, 0.717) is 13.1 Å². The summed E-state index contributed by atoms with van der Waals surface area (Å²) < 4.78 is 19.4. The van der Waals surface area contributed by atoms with Gasteiger partial charge in [0.25, 0.3) is 0 Å². The van der Waals surface area contributed by atoms with E-state index in [2.05, 4.69) is 28.4 Å². The van der Waals surface area contributed by atoms with E-state index in [-0.39, 0.29) is 5.60 Å². The molecular weight excluding hydrogens is 386 g/mol. The highest BCUT2D eigenvalue weighted by atomic mass is 32.2. The van der Waals surface area contributed by atoms with Crippen molar-refractivity contribution in [2.45, 2.75) is 45.6 Å². The Bertz CT molecular complexity index is 683. The van der Waals surface area contributed by atoms with Crippen LogP contribution in [0.5, 0.6) is 0 Å². The van der Waals surface area contributed by atoms with E-state index in [4.69, 9.17) is 10.5 Å². The summed E-state index contributed by atoms with van der Waals surface area (Å²) in [6.07, 6.45) is 9.81. The molecule has 2 N–H and O–H groups in total. The van der Waals surface area contributed by atoms with E-state index < -0.39 is 11.4 Å². The number of ether oxygens (including phenoxy) is 1. The molecule has 0 aromatic rings. The largest absolute Gasteiger partial charge is 0.598 e. The predicted octanol–water partition coefficient (Wildman–Crippen LogP) is 2.61. The molecule has 1 heterocycles. The second-order valence-electron chi connectivity index (χ2n) is 7.93. The first-order valence-corrected chi connectivity index (χ1v) is 11.5. The maximum absolute atomic E-state index is 11.5. The van der Waals surface area contributed by atoms with Crippen LogP contribution in [0.25, 0.3) is 0 Å². The molecule has 0 aromatic carbocycles. The van der Waals surface area contributed by atoms with Crippen LogP contribution in [0.4, 0.5) is 0 Å². The molecule has 2 rings (SSSR count). The van der Waals surface area contributed by atoms with Gasteiger partial charge in [-0.1, -0.05) is 6.58 Å². The third-order valence-corrected chi connectivity index (χ3v) is 6.23. The van der Waals surface area contributed by atoms with Crippen molar-refractivity contribution in [3.05, 3.63) is 35.8 Å². The summed E-state index contributed by atoms with van der Waals surface area (Å²) in [5.74, 6) is 0.869. The van der Waals surface area contributed by atoms with Gasteiger partial charge in [-0.05, 0) is 51.3 Å². The first-order valence-electron chi connectivity index (χ1n) is 10.0. The second kappa shape index (κ2) is 11.0. The minimum absolute atomic E-state index is 0.00609. The van der Waals surface area contributed by atoms with Crippen LogP contribution in [0.15, 0.2) is 45.7 Å². The Kier molecular flexibility index (Phi) is 8.95. The van der Waals surface area contributed by atoms with Gasteiger partial charge in [-0.2, -0.15) is 0 Å². The van der Waals surface area contributed by atoms with Crippen molar-refractivity contribution >= 4 is 23.4 Å². The molecule has 2 aliphatic rings. The molecule has 1 unspecified atom stereocenters. The van der Waals surface area contributed by atoms with E-state index >= 15 is 0 Å². The maximum atomic E-state index is 11.5. The number of allylic oxidation sites excluding steroid dienone is 5. The highest BCUT2D eigenvalue weighted by Gasteiger charge is 2.39. The fraction of sp³-hybridized carbons (Fsp3) is 0.619. The highest BCUT2D eigenvalue weighted by molar-refractivity contribution is 7.88. The normalized spacial score (nSPS) is 23.1. The molecule has 0 spiro atoms. The quantitative estimate of drug-likeness (QED) is 0.193. The van der Waals surface area contributed by atoms with Crippen molar-refractivity contribution in [3.63, 3.8) is 0 Å². The van der Waals surface area contributed by atoms with E-state index in [1.807, 2.05) is 24.2 Å². The zero-order valence-electron chi connectivity index (χ0n) is 18.2. The van der Waals surface area contributed by atoms with Crippen LogP contribution in [-0.2, 0) is 16.1 Å². The summed E-state index contributed by atoms with van der Waals surface area (Å²) in [4.78, 5) is 11.1. The molecule has 0 radical (unpaired) electrons. The van der Waals surface area contributed by atoms with Gasteiger partial charge in [-0.3, -0.25) is 9.89 Å². The molecule has 1 atom stereocenters. The van der Waals surface area contributed by atoms with Gasteiger partial charge in [-0.15, -0.1) is 4.31 Å². The molecule has 7 nitrogen and oxygen atoms in total. The Labute approximate surface area is 178 Å². The van der Waals surface area contributed by atoms with Gasteiger partial charge in [0.15, 0.2) is 0 Å². The smallest absolute Gasteiger partial charge is 0.115 e. The van der Waals surface area contributed by atoms with Gasteiger partial charge in [0.2, 0.25) is 0 Å². The summed E-state index contributed by atoms with van der Waals surface area (Å²) in [6, 6.07) is 0. The van der Waals surface area contributed by atoms with Gasteiger partial charge >= 0.3 is 0 Å². The Morgan fingerprint density at radius 1 is 1.28 bits per heavy atom. The molecule has 29 heavy (non-hydrogen) atoms. The predicted molar refractivity (Wildman–Crippen MR) is 122 cm³/mol. The highest BCUT2D eigenvalue weighted by Crippen LogP contribution is 2.40. The molecule has 1 aliphatic heterocycles. The monoisotopic (exact) mass is 421 g/mol. The second-order valence-corrected chi connectivity index (χ2v) is 9.29. The first kappa shape index (κ1) is 23.7.